The molecule has 0 atom stereocenters. The molecule has 70 valence electrons. The van der Waals surface area contributed by atoms with Gasteiger partial charge in [0.25, 0.3) is 5.69 Å². The summed E-state index contributed by atoms with van der Waals surface area (Å²) < 4.78 is 0.765. The average molecular weight is 309 g/mol. The molecule has 0 aromatic heterocycles. The molecule has 13 heavy (non-hydrogen) atoms. The smallest absolute Gasteiger partial charge is 0.258 e. The van der Waals surface area contributed by atoms with E-state index in [1.54, 1.807) is 13.0 Å². The Bertz CT molecular complexity index is 352. The van der Waals surface area contributed by atoms with Crippen molar-refractivity contribution < 1.29 is 4.92 Å². The Labute approximate surface area is 92.5 Å². The van der Waals surface area contributed by atoms with E-state index in [2.05, 4.69) is 31.9 Å². The van der Waals surface area contributed by atoms with Crippen LogP contribution in [0.5, 0.6) is 0 Å². The van der Waals surface area contributed by atoms with Crippen LogP contribution in [0.3, 0.4) is 0 Å². The monoisotopic (exact) mass is 307 g/mol. The summed E-state index contributed by atoms with van der Waals surface area (Å²) in [7, 11) is 0. The molecule has 0 aliphatic heterocycles. The molecule has 1 rings (SSSR count). The Morgan fingerprint density at radius 2 is 2.15 bits per heavy atom. The number of rotatable bonds is 2. The number of alkyl halides is 1. The molecule has 5 heteroatoms. The summed E-state index contributed by atoms with van der Waals surface area (Å²) in [6, 6.07) is 3.55. The van der Waals surface area contributed by atoms with E-state index in [1.165, 1.54) is 0 Å². The molecule has 0 bridgehead atoms. The number of benzene rings is 1. The highest BCUT2D eigenvalue weighted by Gasteiger charge is 2.18. The summed E-state index contributed by atoms with van der Waals surface area (Å²) in [6.07, 6.45) is 0. The number of halogens is 2. The maximum atomic E-state index is 10.7. The first-order valence-corrected chi connectivity index (χ1v) is 5.47. The Morgan fingerprint density at radius 3 is 2.54 bits per heavy atom. The molecule has 3 nitrogen and oxygen atoms in total. The lowest BCUT2D eigenvalue weighted by Gasteiger charge is -2.04. The SMILES string of the molecule is Cc1ccc(Br)c(CBr)c1[N+](=O)[O-]. The summed E-state index contributed by atoms with van der Waals surface area (Å²) >= 11 is 6.50. The standard InChI is InChI=1S/C8H7Br2NO2/c1-5-2-3-7(10)6(4-9)8(5)11(12)13/h2-3H,4H2,1H3. The molecular weight excluding hydrogens is 302 g/mol. The summed E-state index contributed by atoms with van der Waals surface area (Å²) in [5.74, 6) is 0. The highest BCUT2D eigenvalue weighted by atomic mass is 79.9. The van der Waals surface area contributed by atoms with Crippen molar-refractivity contribution >= 4 is 37.5 Å². The van der Waals surface area contributed by atoms with Crippen LogP contribution in [0.4, 0.5) is 5.69 Å². The molecule has 0 unspecified atom stereocenters. The van der Waals surface area contributed by atoms with Gasteiger partial charge in [-0.3, -0.25) is 10.1 Å². The van der Waals surface area contributed by atoms with Crippen LogP contribution in [0.25, 0.3) is 0 Å². The first-order chi connectivity index (χ1) is 6.07. The molecule has 0 heterocycles. The average Bonchev–Trinajstić information content (AvgIpc) is 2.07. The highest BCUT2D eigenvalue weighted by Crippen LogP contribution is 2.31. The summed E-state index contributed by atoms with van der Waals surface area (Å²) in [5, 5.41) is 11.2. The van der Waals surface area contributed by atoms with Gasteiger partial charge in [0.1, 0.15) is 0 Å². The Kier molecular flexibility index (Phi) is 3.44. The molecule has 0 radical (unpaired) electrons. The van der Waals surface area contributed by atoms with Crippen LogP contribution >= 0.6 is 31.9 Å². The molecule has 1 aromatic rings. The lowest BCUT2D eigenvalue weighted by atomic mass is 10.1. The van der Waals surface area contributed by atoms with Gasteiger partial charge in [-0.2, -0.15) is 0 Å². The van der Waals surface area contributed by atoms with Gasteiger partial charge < -0.3 is 0 Å². The Hall–Kier alpha value is -0.420. The van der Waals surface area contributed by atoms with Crippen LogP contribution in [0.2, 0.25) is 0 Å². The molecule has 0 amide bonds. The van der Waals surface area contributed by atoms with E-state index < -0.39 is 0 Å². The van der Waals surface area contributed by atoms with E-state index in [0.29, 0.717) is 16.5 Å². The van der Waals surface area contributed by atoms with Crippen molar-refractivity contribution in [3.63, 3.8) is 0 Å². The first-order valence-electron chi connectivity index (χ1n) is 3.56. The van der Waals surface area contributed by atoms with Crippen molar-refractivity contribution in [1.82, 2.24) is 0 Å². The second kappa shape index (κ2) is 4.19. The minimum Gasteiger partial charge on any atom is -0.258 e. The van der Waals surface area contributed by atoms with Crippen LogP contribution < -0.4 is 0 Å². The van der Waals surface area contributed by atoms with E-state index in [4.69, 9.17) is 0 Å². The van der Waals surface area contributed by atoms with Crippen LogP contribution in [0.15, 0.2) is 16.6 Å². The molecular formula is C8H7Br2NO2. The second-order valence-electron chi connectivity index (χ2n) is 2.58. The van der Waals surface area contributed by atoms with E-state index in [1.807, 2.05) is 6.07 Å². The van der Waals surface area contributed by atoms with Crippen molar-refractivity contribution in [3.05, 3.63) is 37.8 Å². The third-order valence-electron chi connectivity index (χ3n) is 1.74. The van der Waals surface area contributed by atoms with Gasteiger partial charge >= 0.3 is 0 Å². The van der Waals surface area contributed by atoms with Gasteiger partial charge in [-0.1, -0.05) is 37.9 Å². The van der Waals surface area contributed by atoms with Crippen molar-refractivity contribution in [2.24, 2.45) is 0 Å². The molecule has 0 aliphatic rings. The largest absolute Gasteiger partial charge is 0.277 e. The minimum absolute atomic E-state index is 0.186. The fourth-order valence-corrected chi connectivity index (χ4v) is 2.51. The normalized spacial score (nSPS) is 10.1. The van der Waals surface area contributed by atoms with Crippen molar-refractivity contribution in [3.8, 4) is 0 Å². The molecule has 0 saturated heterocycles. The number of hydrogen-bond donors (Lipinski definition) is 0. The van der Waals surface area contributed by atoms with E-state index in [9.17, 15) is 10.1 Å². The van der Waals surface area contributed by atoms with Crippen molar-refractivity contribution in [1.29, 1.82) is 0 Å². The van der Waals surface area contributed by atoms with Crippen molar-refractivity contribution in [2.75, 3.05) is 0 Å². The molecule has 0 N–H and O–H groups in total. The van der Waals surface area contributed by atoms with Crippen LogP contribution in [-0.4, -0.2) is 4.92 Å². The van der Waals surface area contributed by atoms with E-state index in [0.717, 1.165) is 4.47 Å². The van der Waals surface area contributed by atoms with Gasteiger partial charge in [0, 0.05) is 15.4 Å². The number of nitrogens with zero attached hydrogens (tertiary/aromatic N) is 1. The van der Waals surface area contributed by atoms with Crippen LogP contribution in [0, 0.1) is 17.0 Å². The summed E-state index contributed by atoms with van der Waals surface area (Å²) in [6.45, 7) is 1.73. The lowest BCUT2D eigenvalue weighted by Crippen LogP contribution is -1.97. The number of nitro groups is 1. The fourth-order valence-electron chi connectivity index (χ4n) is 1.11. The summed E-state index contributed by atoms with van der Waals surface area (Å²) in [4.78, 5) is 10.4. The topological polar surface area (TPSA) is 43.1 Å². The van der Waals surface area contributed by atoms with Gasteiger partial charge in [0.05, 0.1) is 10.5 Å². The number of aryl methyl sites for hydroxylation is 1. The number of hydrogen-bond acceptors (Lipinski definition) is 2. The van der Waals surface area contributed by atoms with Crippen LogP contribution in [-0.2, 0) is 5.33 Å². The Morgan fingerprint density at radius 1 is 1.54 bits per heavy atom. The third kappa shape index (κ3) is 2.08. The van der Waals surface area contributed by atoms with Gasteiger partial charge in [-0.25, -0.2) is 0 Å². The predicted molar refractivity (Wildman–Crippen MR) is 58.2 cm³/mol. The highest BCUT2D eigenvalue weighted by molar-refractivity contribution is 9.10. The minimum atomic E-state index is -0.351. The maximum Gasteiger partial charge on any atom is 0.277 e. The van der Waals surface area contributed by atoms with Crippen LogP contribution in [0.1, 0.15) is 11.1 Å². The molecule has 1 aromatic carbocycles. The quantitative estimate of drug-likeness (QED) is 0.476. The van der Waals surface area contributed by atoms with Gasteiger partial charge in [0.15, 0.2) is 0 Å². The number of nitro benzene ring substituents is 1. The predicted octanol–water partition coefficient (Wildman–Crippen LogP) is 3.56. The van der Waals surface area contributed by atoms with Gasteiger partial charge in [-0.05, 0) is 13.0 Å². The second-order valence-corrected chi connectivity index (χ2v) is 4.00. The molecule has 0 aliphatic carbocycles. The third-order valence-corrected chi connectivity index (χ3v) is 3.05. The van der Waals surface area contributed by atoms with Crippen molar-refractivity contribution in [2.45, 2.75) is 12.3 Å². The zero-order valence-corrected chi connectivity index (χ0v) is 10.1. The van der Waals surface area contributed by atoms with Gasteiger partial charge in [0.2, 0.25) is 0 Å². The lowest BCUT2D eigenvalue weighted by molar-refractivity contribution is -0.386. The zero-order chi connectivity index (χ0) is 10.0. The zero-order valence-electron chi connectivity index (χ0n) is 6.88. The molecule has 0 fully saturated rings. The molecule has 0 spiro atoms. The maximum absolute atomic E-state index is 10.7. The molecule has 0 saturated carbocycles. The summed E-state index contributed by atoms with van der Waals surface area (Å²) in [5.41, 5.74) is 1.55. The Balaban J connectivity index is 3.43. The van der Waals surface area contributed by atoms with E-state index >= 15 is 0 Å². The van der Waals surface area contributed by atoms with Gasteiger partial charge in [-0.15, -0.1) is 0 Å². The van der Waals surface area contributed by atoms with E-state index in [-0.39, 0.29) is 10.6 Å². The first kappa shape index (κ1) is 10.7. The fraction of sp³-hybridized carbons (Fsp3) is 0.250.